The van der Waals surface area contributed by atoms with E-state index in [1.807, 2.05) is 56.4 Å². The van der Waals surface area contributed by atoms with Crippen LogP contribution < -0.4 is 0 Å². The molecule has 3 heterocycles. The van der Waals surface area contributed by atoms with Crippen LogP contribution in [0.4, 0.5) is 0 Å². The number of aliphatic hydroxyl groups excluding tert-OH is 1. The molecule has 0 aliphatic rings. The highest BCUT2D eigenvalue weighted by Gasteiger charge is 2.24. The average Bonchev–Trinajstić information content (AvgIpc) is 3.11. The van der Waals surface area contributed by atoms with Gasteiger partial charge in [-0.2, -0.15) is 5.10 Å². The van der Waals surface area contributed by atoms with Gasteiger partial charge >= 0.3 is 5.97 Å². The van der Waals surface area contributed by atoms with Crippen LogP contribution >= 0.6 is 0 Å². The monoisotopic (exact) mass is 387 g/mol. The van der Waals surface area contributed by atoms with E-state index in [9.17, 15) is 9.90 Å². The lowest BCUT2D eigenvalue weighted by Gasteiger charge is -2.12. The summed E-state index contributed by atoms with van der Waals surface area (Å²) < 4.78 is 6.52. The number of pyridine rings is 2. The van der Waals surface area contributed by atoms with Gasteiger partial charge in [0.1, 0.15) is 11.8 Å². The number of hydrogen-bond donors (Lipinski definition) is 1. The number of benzene rings is 1. The Balaban J connectivity index is 1.91. The average molecular weight is 387 g/mol. The molecule has 0 radical (unpaired) electrons. The van der Waals surface area contributed by atoms with Gasteiger partial charge in [0.05, 0.1) is 24.0 Å². The summed E-state index contributed by atoms with van der Waals surface area (Å²) in [6, 6.07) is 16.8. The summed E-state index contributed by atoms with van der Waals surface area (Å²) in [7, 11) is 1.30. The molecular weight excluding hydrogens is 366 g/mol. The van der Waals surface area contributed by atoms with Gasteiger partial charge < -0.3 is 9.84 Å². The molecule has 6 nitrogen and oxygen atoms in total. The molecule has 6 heteroatoms. The number of rotatable bonds is 4. The molecule has 0 saturated carbocycles. The van der Waals surface area contributed by atoms with Crippen LogP contribution in [-0.2, 0) is 4.74 Å². The van der Waals surface area contributed by atoms with Crippen molar-refractivity contribution in [3.8, 4) is 11.3 Å². The minimum absolute atomic E-state index is 0.147. The first-order chi connectivity index (χ1) is 14.0. The van der Waals surface area contributed by atoms with Crippen molar-refractivity contribution in [2.75, 3.05) is 7.11 Å². The van der Waals surface area contributed by atoms with E-state index < -0.39 is 12.1 Å². The van der Waals surface area contributed by atoms with Crippen LogP contribution in [0.5, 0.6) is 0 Å². The number of aromatic nitrogens is 3. The summed E-state index contributed by atoms with van der Waals surface area (Å²) in [6.45, 7) is 4.01. The van der Waals surface area contributed by atoms with E-state index in [2.05, 4.69) is 4.98 Å². The second kappa shape index (κ2) is 7.48. The number of ether oxygens (including phenoxy) is 1. The van der Waals surface area contributed by atoms with Crippen LogP contribution in [-0.4, -0.2) is 32.8 Å². The minimum Gasteiger partial charge on any atom is -0.464 e. The number of fused-ring (bicyclic) bond motifs is 1. The van der Waals surface area contributed by atoms with Gasteiger partial charge in [-0.3, -0.25) is 0 Å². The predicted molar refractivity (Wildman–Crippen MR) is 110 cm³/mol. The molecule has 0 saturated heterocycles. The Labute approximate surface area is 168 Å². The van der Waals surface area contributed by atoms with Crippen molar-refractivity contribution in [3.05, 3.63) is 88.9 Å². The Kier molecular flexibility index (Phi) is 4.86. The Morgan fingerprint density at radius 1 is 1.03 bits per heavy atom. The first-order valence-corrected chi connectivity index (χ1v) is 9.27. The van der Waals surface area contributed by atoms with Crippen LogP contribution in [0.3, 0.4) is 0 Å². The molecule has 0 bridgehead atoms. The van der Waals surface area contributed by atoms with Gasteiger partial charge in [-0.25, -0.2) is 14.3 Å². The maximum absolute atomic E-state index is 11.9. The van der Waals surface area contributed by atoms with Crippen LogP contribution in [0.25, 0.3) is 16.8 Å². The largest absolute Gasteiger partial charge is 0.464 e. The third kappa shape index (κ3) is 3.50. The van der Waals surface area contributed by atoms with Crippen molar-refractivity contribution < 1.29 is 14.6 Å². The fraction of sp³-hybridized carbons (Fsp3) is 0.174. The van der Waals surface area contributed by atoms with E-state index >= 15 is 0 Å². The fourth-order valence-electron chi connectivity index (χ4n) is 3.34. The van der Waals surface area contributed by atoms with Gasteiger partial charge in [0, 0.05) is 17.3 Å². The SMILES string of the molecule is COC(=O)c1cccc(C(O)c2c(-c3ccc(C)cc3)nn3cc(C)ccc23)n1. The predicted octanol–water partition coefficient (Wildman–Crippen LogP) is 3.88. The molecule has 4 rings (SSSR count). The maximum atomic E-state index is 11.9. The van der Waals surface area contributed by atoms with Crippen LogP contribution in [0.1, 0.15) is 39.0 Å². The van der Waals surface area contributed by atoms with Crippen LogP contribution in [0.15, 0.2) is 60.8 Å². The Morgan fingerprint density at radius 2 is 1.76 bits per heavy atom. The maximum Gasteiger partial charge on any atom is 0.356 e. The van der Waals surface area contributed by atoms with Gasteiger partial charge in [0.25, 0.3) is 0 Å². The molecule has 0 fully saturated rings. The van der Waals surface area contributed by atoms with Gasteiger partial charge in [-0.05, 0) is 37.6 Å². The number of carbonyl (C=O) groups excluding carboxylic acids is 1. The Morgan fingerprint density at radius 3 is 2.48 bits per heavy atom. The number of nitrogens with zero attached hydrogens (tertiary/aromatic N) is 3. The first kappa shape index (κ1) is 18.8. The third-order valence-electron chi connectivity index (χ3n) is 4.86. The van der Waals surface area contributed by atoms with Gasteiger partial charge in [0.2, 0.25) is 0 Å². The number of aliphatic hydroxyl groups is 1. The molecule has 0 spiro atoms. The Bertz CT molecular complexity index is 1200. The number of aryl methyl sites for hydroxylation is 2. The molecule has 146 valence electrons. The topological polar surface area (TPSA) is 76.7 Å². The summed E-state index contributed by atoms with van der Waals surface area (Å²) in [5, 5.41) is 16.0. The number of carbonyl (C=O) groups is 1. The minimum atomic E-state index is -1.06. The summed E-state index contributed by atoms with van der Waals surface area (Å²) in [5.74, 6) is -0.548. The number of hydrogen-bond acceptors (Lipinski definition) is 5. The van der Waals surface area contributed by atoms with Gasteiger partial charge in [0.15, 0.2) is 0 Å². The second-order valence-corrected chi connectivity index (χ2v) is 7.01. The molecule has 3 aromatic heterocycles. The zero-order chi connectivity index (χ0) is 20.5. The first-order valence-electron chi connectivity index (χ1n) is 9.27. The molecule has 1 atom stereocenters. The molecule has 0 aliphatic heterocycles. The quantitative estimate of drug-likeness (QED) is 0.538. The summed E-state index contributed by atoms with van der Waals surface area (Å²) in [6.07, 6.45) is 0.859. The Hall–Kier alpha value is -3.51. The lowest BCUT2D eigenvalue weighted by atomic mass is 9.99. The normalized spacial score (nSPS) is 12.1. The van der Waals surface area contributed by atoms with E-state index in [1.54, 1.807) is 22.7 Å². The van der Waals surface area contributed by atoms with Crippen molar-refractivity contribution in [2.45, 2.75) is 20.0 Å². The van der Waals surface area contributed by atoms with E-state index in [4.69, 9.17) is 9.84 Å². The van der Waals surface area contributed by atoms with E-state index in [0.29, 0.717) is 17.0 Å². The van der Waals surface area contributed by atoms with Gasteiger partial charge in [-0.15, -0.1) is 0 Å². The van der Waals surface area contributed by atoms with Crippen molar-refractivity contribution in [3.63, 3.8) is 0 Å². The molecule has 1 aromatic carbocycles. The number of esters is 1. The lowest BCUT2D eigenvalue weighted by molar-refractivity contribution is 0.0593. The highest BCUT2D eigenvalue weighted by Crippen LogP contribution is 2.34. The number of methoxy groups -OCH3 is 1. The molecule has 0 amide bonds. The second-order valence-electron chi connectivity index (χ2n) is 7.01. The molecule has 1 unspecified atom stereocenters. The van der Waals surface area contributed by atoms with Crippen molar-refractivity contribution in [1.82, 2.24) is 14.6 Å². The van der Waals surface area contributed by atoms with E-state index in [-0.39, 0.29) is 5.69 Å². The third-order valence-corrected chi connectivity index (χ3v) is 4.86. The van der Waals surface area contributed by atoms with Gasteiger partial charge in [-0.1, -0.05) is 42.0 Å². The summed E-state index contributed by atoms with van der Waals surface area (Å²) in [5.41, 5.74) is 5.70. The molecule has 1 N–H and O–H groups in total. The molecule has 29 heavy (non-hydrogen) atoms. The summed E-state index contributed by atoms with van der Waals surface area (Å²) >= 11 is 0. The summed E-state index contributed by atoms with van der Waals surface area (Å²) in [4.78, 5) is 16.2. The molecule has 0 aliphatic carbocycles. The zero-order valence-electron chi connectivity index (χ0n) is 16.5. The molecule has 4 aromatic rings. The van der Waals surface area contributed by atoms with Crippen molar-refractivity contribution in [2.24, 2.45) is 0 Å². The van der Waals surface area contributed by atoms with Crippen molar-refractivity contribution in [1.29, 1.82) is 0 Å². The highest BCUT2D eigenvalue weighted by molar-refractivity contribution is 5.87. The zero-order valence-corrected chi connectivity index (χ0v) is 16.5. The van der Waals surface area contributed by atoms with Crippen molar-refractivity contribution >= 4 is 11.5 Å². The van der Waals surface area contributed by atoms with E-state index in [0.717, 1.165) is 22.2 Å². The van der Waals surface area contributed by atoms with Crippen LogP contribution in [0.2, 0.25) is 0 Å². The van der Waals surface area contributed by atoms with Crippen LogP contribution in [0, 0.1) is 13.8 Å². The molecular formula is C23H21N3O3. The highest BCUT2D eigenvalue weighted by atomic mass is 16.5. The smallest absolute Gasteiger partial charge is 0.356 e. The fourth-order valence-corrected chi connectivity index (χ4v) is 3.34. The van der Waals surface area contributed by atoms with E-state index in [1.165, 1.54) is 7.11 Å². The lowest BCUT2D eigenvalue weighted by Crippen LogP contribution is -2.09. The standard InChI is InChI=1S/C23H21N3O3/c1-14-7-10-16(11-8-14)21-20(19-12-9-15(2)13-26(19)25-21)22(27)17-5-4-6-18(24-17)23(28)29-3/h4-13,22,27H,1-3H3.